The van der Waals surface area contributed by atoms with Crippen molar-refractivity contribution in [2.45, 2.75) is 46.4 Å². The number of nitrogens with one attached hydrogen (secondary N) is 1. The number of hydrogen-bond acceptors (Lipinski definition) is 2. The van der Waals surface area contributed by atoms with Crippen LogP contribution in [-0.2, 0) is 13.1 Å². The van der Waals surface area contributed by atoms with E-state index in [0.29, 0.717) is 6.54 Å². The van der Waals surface area contributed by atoms with Gasteiger partial charge in [-0.1, -0.05) is 13.8 Å². The highest BCUT2D eigenvalue weighted by Gasteiger charge is 2.02. The second-order valence-electron chi connectivity index (χ2n) is 4.86. The van der Waals surface area contributed by atoms with E-state index < -0.39 is 0 Å². The lowest BCUT2D eigenvalue weighted by atomic mass is 10.1. The quantitative estimate of drug-likeness (QED) is 0.743. The van der Waals surface area contributed by atoms with E-state index in [1.54, 1.807) is 6.92 Å². The molecule has 0 unspecified atom stereocenters. The fourth-order valence-corrected chi connectivity index (χ4v) is 1.63. The lowest BCUT2D eigenvalue weighted by Gasteiger charge is -2.12. The third-order valence-electron chi connectivity index (χ3n) is 2.62. The van der Waals surface area contributed by atoms with Crippen molar-refractivity contribution >= 4 is 0 Å². The second kappa shape index (κ2) is 6.71. The van der Waals surface area contributed by atoms with E-state index >= 15 is 0 Å². The summed E-state index contributed by atoms with van der Waals surface area (Å²) in [5, 5.41) is 12.4. The molecule has 2 N–H and O–H groups in total. The summed E-state index contributed by atoms with van der Waals surface area (Å²) in [5.74, 6) is 0.737. The van der Waals surface area contributed by atoms with Crippen LogP contribution in [0.1, 0.15) is 32.9 Å². The van der Waals surface area contributed by atoms with Gasteiger partial charge in [0.1, 0.15) is 0 Å². The third-order valence-corrected chi connectivity index (χ3v) is 2.62. The molecule has 1 rings (SSSR count). The first-order valence-corrected chi connectivity index (χ1v) is 6.12. The molecule has 0 radical (unpaired) electrons. The van der Waals surface area contributed by atoms with Crippen molar-refractivity contribution in [1.29, 1.82) is 0 Å². The monoisotopic (exact) mass is 224 g/mol. The number of aliphatic hydroxyl groups is 1. The number of hydrogen-bond donors (Lipinski definition) is 2. The molecule has 1 aromatic rings. The van der Waals surface area contributed by atoms with Gasteiger partial charge in [0, 0.05) is 31.5 Å². The number of aliphatic hydroxyl groups excluding tert-OH is 1. The maximum Gasteiger partial charge on any atom is 0.0636 e. The molecule has 0 fully saturated rings. The minimum Gasteiger partial charge on any atom is -0.392 e. The predicted molar refractivity (Wildman–Crippen MR) is 67.3 cm³/mol. The summed E-state index contributed by atoms with van der Waals surface area (Å²) in [4.78, 5) is 0. The van der Waals surface area contributed by atoms with Crippen molar-refractivity contribution in [3.63, 3.8) is 0 Å². The predicted octanol–water partition coefficient (Wildman–Crippen LogP) is 2.00. The topological polar surface area (TPSA) is 37.2 Å². The fourth-order valence-electron chi connectivity index (χ4n) is 1.63. The van der Waals surface area contributed by atoms with Crippen LogP contribution in [0.25, 0.3) is 0 Å². The Kier molecular flexibility index (Phi) is 5.56. The van der Waals surface area contributed by atoms with Gasteiger partial charge in [-0.25, -0.2) is 0 Å². The largest absolute Gasteiger partial charge is 0.392 e. The van der Waals surface area contributed by atoms with Gasteiger partial charge in [-0.2, -0.15) is 0 Å². The van der Waals surface area contributed by atoms with E-state index in [0.717, 1.165) is 19.0 Å². The van der Waals surface area contributed by atoms with Gasteiger partial charge in [0.2, 0.25) is 0 Å². The molecule has 1 heterocycles. The van der Waals surface area contributed by atoms with Gasteiger partial charge in [0.25, 0.3) is 0 Å². The number of nitrogens with zero attached hydrogens (tertiary/aromatic N) is 1. The Balaban J connectivity index is 2.38. The molecule has 3 heteroatoms. The van der Waals surface area contributed by atoms with E-state index in [4.69, 9.17) is 5.11 Å². The van der Waals surface area contributed by atoms with E-state index in [-0.39, 0.29) is 6.10 Å². The Bertz CT molecular complexity index is 292. The molecule has 16 heavy (non-hydrogen) atoms. The van der Waals surface area contributed by atoms with Crippen LogP contribution >= 0.6 is 0 Å². The van der Waals surface area contributed by atoms with Gasteiger partial charge in [0.05, 0.1) is 6.10 Å². The molecule has 0 bridgehead atoms. The first-order valence-electron chi connectivity index (χ1n) is 6.12. The van der Waals surface area contributed by atoms with Crippen LogP contribution in [0.2, 0.25) is 0 Å². The normalized spacial score (nSPS) is 13.3. The van der Waals surface area contributed by atoms with Crippen LogP contribution in [-0.4, -0.2) is 22.3 Å². The minimum atomic E-state index is -0.279. The van der Waals surface area contributed by atoms with Crippen molar-refractivity contribution in [2.24, 2.45) is 5.92 Å². The average Bonchev–Trinajstić information content (AvgIpc) is 2.62. The summed E-state index contributed by atoms with van der Waals surface area (Å²) >= 11 is 0. The van der Waals surface area contributed by atoms with E-state index in [1.807, 2.05) is 0 Å². The number of rotatable bonds is 7. The molecule has 1 atom stereocenters. The van der Waals surface area contributed by atoms with Gasteiger partial charge in [-0.15, -0.1) is 0 Å². The summed E-state index contributed by atoms with van der Waals surface area (Å²) < 4.78 is 2.29. The van der Waals surface area contributed by atoms with Crippen LogP contribution in [0, 0.1) is 5.92 Å². The summed E-state index contributed by atoms with van der Waals surface area (Å²) in [5.41, 5.74) is 1.29. The van der Waals surface area contributed by atoms with E-state index in [9.17, 15) is 0 Å². The highest BCUT2D eigenvalue weighted by molar-refractivity contribution is 5.06. The Labute approximate surface area is 98.5 Å². The van der Waals surface area contributed by atoms with Gasteiger partial charge < -0.3 is 15.0 Å². The molecule has 0 saturated carbocycles. The summed E-state index contributed by atoms with van der Waals surface area (Å²) in [6.07, 6.45) is 3.05. The average molecular weight is 224 g/mol. The molecular formula is C13H24N2O. The minimum absolute atomic E-state index is 0.279. The lowest BCUT2D eigenvalue weighted by molar-refractivity contribution is 0.190. The second-order valence-corrected chi connectivity index (χ2v) is 4.86. The third kappa shape index (κ3) is 4.81. The molecule has 0 amide bonds. The van der Waals surface area contributed by atoms with Crippen LogP contribution in [0.5, 0.6) is 0 Å². The van der Waals surface area contributed by atoms with Crippen molar-refractivity contribution in [1.82, 2.24) is 9.88 Å². The zero-order valence-electron chi connectivity index (χ0n) is 10.6. The highest BCUT2D eigenvalue weighted by Crippen LogP contribution is 2.07. The summed E-state index contributed by atoms with van der Waals surface area (Å²) in [6, 6.07) is 4.22. The Hall–Kier alpha value is -0.800. The van der Waals surface area contributed by atoms with E-state index in [1.165, 1.54) is 12.1 Å². The summed E-state index contributed by atoms with van der Waals surface area (Å²) in [7, 11) is 0. The van der Waals surface area contributed by atoms with Gasteiger partial charge >= 0.3 is 0 Å². The molecule has 0 aliphatic heterocycles. The smallest absolute Gasteiger partial charge is 0.0636 e. The van der Waals surface area contributed by atoms with Crippen LogP contribution in [0.15, 0.2) is 18.3 Å². The molecular weight excluding hydrogens is 200 g/mol. The van der Waals surface area contributed by atoms with Crippen LogP contribution in [0.4, 0.5) is 0 Å². The molecule has 3 nitrogen and oxygen atoms in total. The standard InChI is InChI=1S/C13H24N2O/c1-11(2)6-8-15-7-4-5-13(15)10-14-9-12(3)16/h4-5,7,11-12,14,16H,6,8-10H2,1-3H3/t12-/m0/s1. The Morgan fingerprint density at radius 1 is 1.38 bits per heavy atom. The lowest BCUT2D eigenvalue weighted by Crippen LogP contribution is -2.25. The number of aryl methyl sites for hydroxylation is 1. The Morgan fingerprint density at radius 3 is 2.75 bits per heavy atom. The fraction of sp³-hybridized carbons (Fsp3) is 0.692. The van der Waals surface area contributed by atoms with Crippen molar-refractivity contribution in [3.8, 4) is 0 Å². The van der Waals surface area contributed by atoms with Crippen LogP contribution < -0.4 is 5.32 Å². The number of aromatic nitrogens is 1. The van der Waals surface area contributed by atoms with Gasteiger partial charge in [0.15, 0.2) is 0 Å². The van der Waals surface area contributed by atoms with Gasteiger partial charge in [-0.05, 0) is 31.4 Å². The molecule has 0 aromatic carbocycles. The van der Waals surface area contributed by atoms with Crippen molar-refractivity contribution in [3.05, 3.63) is 24.0 Å². The molecule has 92 valence electrons. The van der Waals surface area contributed by atoms with Crippen molar-refractivity contribution < 1.29 is 5.11 Å². The maximum absolute atomic E-state index is 9.16. The van der Waals surface area contributed by atoms with Gasteiger partial charge in [-0.3, -0.25) is 0 Å². The maximum atomic E-state index is 9.16. The molecule has 1 aromatic heterocycles. The molecule has 0 aliphatic rings. The van der Waals surface area contributed by atoms with E-state index in [2.05, 4.69) is 42.1 Å². The first kappa shape index (κ1) is 13.3. The SMILES string of the molecule is CC(C)CCn1cccc1CNC[C@H](C)O. The molecule has 0 saturated heterocycles. The van der Waals surface area contributed by atoms with Crippen LogP contribution in [0.3, 0.4) is 0 Å². The zero-order chi connectivity index (χ0) is 12.0. The van der Waals surface area contributed by atoms with Crippen molar-refractivity contribution in [2.75, 3.05) is 6.54 Å². The first-order chi connectivity index (χ1) is 7.59. The molecule has 0 spiro atoms. The molecule has 0 aliphatic carbocycles. The highest BCUT2D eigenvalue weighted by atomic mass is 16.3. The summed E-state index contributed by atoms with van der Waals surface area (Å²) in [6.45, 7) is 8.84. The Morgan fingerprint density at radius 2 is 2.12 bits per heavy atom. The zero-order valence-corrected chi connectivity index (χ0v) is 10.6.